The molecule has 32 heavy (non-hydrogen) atoms. The predicted molar refractivity (Wildman–Crippen MR) is 124 cm³/mol. The molecular formula is C23H25ClN6O2. The van der Waals surface area contributed by atoms with E-state index in [2.05, 4.69) is 31.2 Å². The van der Waals surface area contributed by atoms with Crippen molar-refractivity contribution in [3.63, 3.8) is 0 Å². The highest BCUT2D eigenvalue weighted by molar-refractivity contribution is 6.30. The van der Waals surface area contributed by atoms with Crippen LogP contribution in [0.5, 0.6) is 5.88 Å². The van der Waals surface area contributed by atoms with Gasteiger partial charge in [-0.15, -0.1) is 0 Å². The number of nitrogens with one attached hydrogen (secondary N) is 1. The number of aliphatic hydroxyl groups excluding tert-OH is 1. The molecule has 0 bridgehead atoms. The molecule has 2 aromatic heterocycles. The van der Waals surface area contributed by atoms with Crippen molar-refractivity contribution < 1.29 is 9.84 Å². The van der Waals surface area contributed by atoms with Gasteiger partial charge in [0, 0.05) is 42.4 Å². The maximum atomic E-state index is 9.97. The molecule has 0 saturated carbocycles. The van der Waals surface area contributed by atoms with Gasteiger partial charge in [0.05, 0.1) is 36.7 Å². The Kier molecular flexibility index (Phi) is 7.46. The zero-order valence-electron chi connectivity index (χ0n) is 16.9. The largest absolute Gasteiger partial charge is 0.481 e. The summed E-state index contributed by atoms with van der Waals surface area (Å²) in [5.41, 5.74) is 4.05. The summed E-state index contributed by atoms with van der Waals surface area (Å²) in [5.74, 6) is 1.16. The smallest absolute Gasteiger partial charge is 0.212 e. The van der Waals surface area contributed by atoms with Crippen LogP contribution in [0.1, 0.15) is 35.9 Å². The van der Waals surface area contributed by atoms with Crippen LogP contribution in [0.3, 0.4) is 0 Å². The van der Waals surface area contributed by atoms with Crippen LogP contribution < -0.4 is 15.0 Å². The van der Waals surface area contributed by atoms with Crippen LogP contribution >= 0.6 is 11.6 Å². The van der Waals surface area contributed by atoms with Gasteiger partial charge in [-0.25, -0.2) is 15.0 Å². The van der Waals surface area contributed by atoms with Crippen molar-refractivity contribution in [3.8, 4) is 11.9 Å². The van der Waals surface area contributed by atoms with Crippen molar-refractivity contribution in [2.24, 2.45) is 0 Å². The predicted octanol–water partition coefficient (Wildman–Crippen LogP) is 3.75. The second-order valence-corrected chi connectivity index (χ2v) is 7.54. The number of nitrogens with zero attached hydrogens (tertiary/aromatic N) is 5. The number of anilines is 2. The first kappa shape index (κ1) is 23.3. The number of ether oxygens (including phenoxy) is 1. The van der Waals surface area contributed by atoms with Gasteiger partial charge in [-0.1, -0.05) is 19.0 Å². The monoisotopic (exact) mass is 452 g/mol. The molecule has 0 spiro atoms. The lowest BCUT2D eigenvalue weighted by molar-refractivity contribution is 0.275. The fourth-order valence-electron chi connectivity index (χ4n) is 3.66. The van der Waals surface area contributed by atoms with Gasteiger partial charge in [0.1, 0.15) is 18.2 Å². The molecule has 166 valence electrons. The average Bonchev–Trinajstić information content (AvgIpc) is 2.82. The van der Waals surface area contributed by atoms with E-state index >= 15 is 0 Å². The highest BCUT2D eigenvalue weighted by Gasteiger charge is 2.24. The SMILES string of the molecule is C.COc1ccc([C@@H](CO)Nc2ncnc3c2CN(c2ccc(Cl)cc2C#N)CC3)cn1. The molecule has 1 aliphatic heterocycles. The molecule has 0 fully saturated rings. The number of methoxy groups -OCH3 is 1. The Balaban J connectivity index is 0.00000289. The van der Waals surface area contributed by atoms with E-state index in [1.807, 2.05) is 12.1 Å². The molecule has 1 aromatic carbocycles. The molecule has 1 aliphatic rings. The zero-order chi connectivity index (χ0) is 21.8. The number of rotatable bonds is 6. The number of fused-ring (bicyclic) bond motifs is 1. The Bertz CT molecular complexity index is 1120. The van der Waals surface area contributed by atoms with Gasteiger partial charge in [0.25, 0.3) is 0 Å². The molecule has 8 nitrogen and oxygen atoms in total. The van der Waals surface area contributed by atoms with Crippen molar-refractivity contribution in [1.29, 1.82) is 5.26 Å². The van der Waals surface area contributed by atoms with Crippen LogP contribution in [-0.2, 0) is 13.0 Å². The number of nitriles is 1. The number of benzene rings is 1. The molecule has 4 rings (SSSR count). The Morgan fingerprint density at radius 2 is 2.12 bits per heavy atom. The summed E-state index contributed by atoms with van der Waals surface area (Å²) in [6.45, 7) is 1.13. The topological polar surface area (TPSA) is 107 Å². The number of hydrogen-bond donors (Lipinski definition) is 2. The molecule has 9 heteroatoms. The molecule has 0 amide bonds. The Labute approximate surface area is 192 Å². The van der Waals surface area contributed by atoms with Crippen molar-refractivity contribution in [2.45, 2.75) is 26.4 Å². The third-order valence-electron chi connectivity index (χ3n) is 5.29. The van der Waals surface area contributed by atoms with E-state index in [9.17, 15) is 10.4 Å². The number of aliphatic hydroxyl groups is 1. The van der Waals surface area contributed by atoms with Gasteiger partial charge in [-0.3, -0.25) is 0 Å². The normalized spacial score (nSPS) is 13.4. The lowest BCUT2D eigenvalue weighted by Gasteiger charge is -2.32. The summed E-state index contributed by atoms with van der Waals surface area (Å²) >= 11 is 6.06. The summed E-state index contributed by atoms with van der Waals surface area (Å²) in [7, 11) is 1.56. The molecule has 0 aliphatic carbocycles. The highest BCUT2D eigenvalue weighted by Crippen LogP contribution is 2.31. The quantitative estimate of drug-likeness (QED) is 0.582. The van der Waals surface area contributed by atoms with Crippen molar-refractivity contribution in [3.05, 3.63) is 70.3 Å². The lowest BCUT2D eigenvalue weighted by Crippen LogP contribution is -2.33. The number of aromatic nitrogens is 3. The fraction of sp³-hybridized carbons (Fsp3) is 0.304. The molecule has 3 aromatic rings. The van der Waals surface area contributed by atoms with Crippen molar-refractivity contribution >= 4 is 23.1 Å². The van der Waals surface area contributed by atoms with Crippen LogP contribution in [0.25, 0.3) is 0 Å². The molecule has 0 radical (unpaired) electrons. The van der Waals surface area contributed by atoms with E-state index in [4.69, 9.17) is 16.3 Å². The van der Waals surface area contributed by atoms with Crippen LogP contribution in [0.2, 0.25) is 5.02 Å². The maximum Gasteiger partial charge on any atom is 0.212 e. The Hall–Kier alpha value is -3.41. The molecule has 2 N–H and O–H groups in total. The van der Waals surface area contributed by atoms with Crippen LogP contribution in [0.15, 0.2) is 42.9 Å². The van der Waals surface area contributed by atoms with Gasteiger partial charge in [-0.05, 0) is 29.8 Å². The highest BCUT2D eigenvalue weighted by atomic mass is 35.5. The number of hydrogen-bond acceptors (Lipinski definition) is 8. The zero-order valence-corrected chi connectivity index (χ0v) is 17.7. The number of halogens is 1. The van der Waals surface area contributed by atoms with Gasteiger partial charge in [0.15, 0.2) is 0 Å². The maximum absolute atomic E-state index is 9.97. The Morgan fingerprint density at radius 1 is 1.28 bits per heavy atom. The molecule has 3 heterocycles. The van der Waals surface area contributed by atoms with Crippen LogP contribution in [-0.4, -0.2) is 40.3 Å². The summed E-state index contributed by atoms with van der Waals surface area (Å²) in [5, 5.41) is 23.3. The van der Waals surface area contributed by atoms with Crippen molar-refractivity contribution in [1.82, 2.24) is 15.0 Å². The van der Waals surface area contributed by atoms with E-state index in [0.29, 0.717) is 35.2 Å². The lowest BCUT2D eigenvalue weighted by atomic mass is 10.0. The third kappa shape index (κ3) is 4.74. The molecule has 0 unspecified atom stereocenters. The van der Waals surface area contributed by atoms with Crippen LogP contribution in [0.4, 0.5) is 11.5 Å². The minimum Gasteiger partial charge on any atom is -0.481 e. The minimum atomic E-state index is -0.391. The minimum absolute atomic E-state index is 0. The first-order valence-corrected chi connectivity index (χ1v) is 10.2. The van der Waals surface area contributed by atoms with E-state index in [-0.39, 0.29) is 14.0 Å². The first-order chi connectivity index (χ1) is 15.1. The van der Waals surface area contributed by atoms with E-state index in [1.54, 1.807) is 31.5 Å². The van der Waals surface area contributed by atoms with Crippen molar-refractivity contribution in [2.75, 3.05) is 30.5 Å². The number of pyridine rings is 1. The fourth-order valence-corrected chi connectivity index (χ4v) is 3.83. The average molecular weight is 453 g/mol. The van der Waals surface area contributed by atoms with Gasteiger partial charge in [-0.2, -0.15) is 5.26 Å². The molecule has 1 atom stereocenters. The van der Waals surface area contributed by atoms with E-state index in [1.165, 1.54) is 6.33 Å². The van der Waals surface area contributed by atoms with Gasteiger partial charge < -0.3 is 20.1 Å². The molecular weight excluding hydrogens is 428 g/mol. The van der Waals surface area contributed by atoms with Crippen LogP contribution in [0, 0.1) is 11.3 Å². The Morgan fingerprint density at radius 3 is 2.81 bits per heavy atom. The second-order valence-electron chi connectivity index (χ2n) is 7.11. The summed E-state index contributed by atoms with van der Waals surface area (Å²) < 4.78 is 5.10. The first-order valence-electron chi connectivity index (χ1n) is 9.77. The van der Waals surface area contributed by atoms with Gasteiger partial charge in [0.2, 0.25) is 5.88 Å². The van der Waals surface area contributed by atoms with E-state index in [0.717, 1.165) is 29.1 Å². The van der Waals surface area contributed by atoms with Gasteiger partial charge >= 0.3 is 0 Å². The van der Waals surface area contributed by atoms with E-state index < -0.39 is 6.04 Å². The summed E-state index contributed by atoms with van der Waals surface area (Å²) in [6.07, 6.45) is 3.91. The standard InChI is InChI=1S/C22H21ClN6O2.CH4/c1-31-21-5-2-14(10-25-21)19(12-30)28-22-17-11-29(7-6-18(17)26-13-27-22)20-4-3-16(23)8-15(20)9-24;/h2-5,8,10,13,19,30H,6-7,11-12H2,1H3,(H,26,27,28);1H4/t19-;/m1./s1. The summed E-state index contributed by atoms with van der Waals surface area (Å²) in [6, 6.07) is 10.8. The third-order valence-corrected chi connectivity index (χ3v) is 5.52. The second kappa shape index (κ2) is 10.3. The summed E-state index contributed by atoms with van der Waals surface area (Å²) in [4.78, 5) is 15.2. The molecule has 0 saturated heterocycles.